The molecule has 0 saturated carbocycles. The van der Waals surface area contributed by atoms with Crippen LogP contribution in [0, 0.1) is 0 Å². The SMILES string of the molecule is CN(CC1CCCO1)P(c1ccccc1)c1ccccc1. The van der Waals surface area contributed by atoms with Crippen LogP contribution in [-0.2, 0) is 4.74 Å². The van der Waals surface area contributed by atoms with Gasteiger partial charge in [-0.25, -0.2) is 0 Å². The first-order chi connectivity index (χ1) is 10.3. The average Bonchev–Trinajstić information content (AvgIpc) is 3.02. The lowest BCUT2D eigenvalue weighted by Gasteiger charge is -2.30. The Labute approximate surface area is 128 Å². The van der Waals surface area contributed by atoms with E-state index in [0.29, 0.717) is 6.10 Å². The molecule has 110 valence electrons. The molecule has 0 aliphatic carbocycles. The Hall–Kier alpha value is -1.21. The number of ether oxygens (including phenoxy) is 1. The quantitative estimate of drug-likeness (QED) is 0.787. The summed E-state index contributed by atoms with van der Waals surface area (Å²) < 4.78 is 8.30. The van der Waals surface area contributed by atoms with Gasteiger partial charge in [0.25, 0.3) is 0 Å². The second-order valence-electron chi connectivity index (χ2n) is 5.46. The molecule has 2 nitrogen and oxygen atoms in total. The molecule has 3 rings (SSSR count). The molecule has 0 amide bonds. The molecule has 0 aromatic heterocycles. The normalized spacial score (nSPS) is 18.5. The average molecular weight is 299 g/mol. The second-order valence-corrected chi connectivity index (χ2v) is 7.80. The molecule has 2 aromatic rings. The molecular weight excluding hydrogens is 277 g/mol. The van der Waals surface area contributed by atoms with Crippen LogP contribution in [0.15, 0.2) is 60.7 Å². The fourth-order valence-corrected chi connectivity index (χ4v) is 5.19. The van der Waals surface area contributed by atoms with E-state index in [-0.39, 0.29) is 0 Å². The van der Waals surface area contributed by atoms with Gasteiger partial charge in [0.15, 0.2) is 0 Å². The minimum atomic E-state index is -0.475. The van der Waals surface area contributed by atoms with Crippen molar-refractivity contribution in [2.24, 2.45) is 0 Å². The molecule has 21 heavy (non-hydrogen) atoms. The third-order valence-electron chi connectivity index (χ3n) is 3.83. The smallest absolute Gasteiger partial charge is 0.0706 e. The highest BCUT2D eigenvalue weighted by atomic mass is 31.1. The minimum absolute atomic E-state index is 0.396. The molecule has 1 aliphatic rings. The van der Waals surface area contributed by atoms with E-state index in [2.05, 4.69) is 72.4 Å². The van der Waals surface area contributed by atoms with Crippen LogP contribution in [0.4, 0.5) is 0 Å². The van der Waals surface area contributed by atoms with Crippen molar-refractivity contribution in [3.05, 3.63) is 60.7 Å². The fraction of sp³-hybridized carbons (Fsp3) is 0.333. The lowest BCUT2D eigenvalue weighted by atomic mass is 10.2. The zero-order valence-electron chi connectivity index (χ0n) is 12.5. The highest BCUT2D eigenvalue weighted by molar-refractivity contribution is 7.70. The van der Waals surface area contributed by atoms with Crippen molar-refractivity contribution in [2.45, 2.75) is 18.9 Å². The van der Waals surface area contributed by atoms with E-state index in [9.17, 15) is 0 Å². The topological polar surface area (TPSA) is 12.5 Å². The summed E-state index contributed by atoms with van der Waals surface area (Å²) in [4.78, 5) is 0. The molecule has 0 spiro atoms. The molecule has 0 radical (unpaired) electrons. The van der Waals surface area contributed by atoms with Crippen LogP contribution in [-0.4, -0.2) is 31.0 Å². The molecule has 1 unspecified atom stereocenters. The first-order valence-electron chi connectivity index (χ1n) is 7.57. The number of likely N-dealkylation sites (N-methyl/N-ethyl adjacent to an activating group) is 1. The number of benzene rings is 2. The van der Waals surface area contributed by atoms with Crippen LogP contribution in [0.3, 0.4) is 0 Å². The number of hydrogen-bond acceptors (Lipinski definition) is 2. The third-order valence-corrected chi connectivity index (χ3v) is 6.26. The molecule has 1 atom stereocenters. The first kappa shape index (κ1) is 14.7. The maximum atomic E-state index is 5.81. The third kappa shape index (κ3) is 3.71. The van der Waals surface area contributed by atoms with Gasteiger partial charge in [0.05, 0.1) is 6.10 Å². The van der Waals surface area contributed by atoms with Gasteiger partial charge in [-0.1, -0.05) is 60.7 Å². The van der Waals surface area contributed by atoms with Gasteiger partial charge in [-0.3, -0.25) is 4.67 Å². The Kier molecular flexibility index (Phi) is 5.03. The zero-order chi connectivity index (χ0) is 14.5. The molecular formula is C18H22NOP. The summed E-state index contributed by atoms with van der Waals surface area (Å²) in [6, 6.07) is 21.7. The van der Waals surface area contributed by atoms with Gasteiger partial charge in [-0.15, -0.1) is 0 Å². The second kappa shape index (κ2) is 7.17. The zero-order valence-corrected chi connectivity index (χ0v) is 13.4. The molecule has 1 aliphatic heterocycles. The monoisotopic (exact) mass is 299 g/mol. The van der Waals surface area contributed by atoms with E-state index >= 15 is 0 Å². The van der Waals surface area contributed by atoms with E-state index in [4.69, 9.17) is 4.74 Å². The van der Waals surface area contributed by atoms with Gasteiger partial charge < -0.3 is 4.74 Å². The van der Waals surface area contributed by atoms with E-state index in [1.165, 1.54) is 23.5 Å². The van der Waals surface area contributed by atoms with Gasteiger partial charge >= 0.3 is 0 Å². The van der Waals surface area contributed by atoms with Gasteiger partial charge in [0.1, 0.15) is 0 Å². The van der Waals surface area contributed by atoms with Crippen molar-refractivity contribution in [3.63, 3.8) is 0 Å². The van der Waals surface area contributed by atoms with E-state index in [1.807, 2.05) is 0 Å². The maximum Gasteiger partial charge on any atom is 0.0706 e. The molecule has 1 saturated heterocycles. The molecule has 0 N–H and O–H groups in total. The maximum absolute atomic E-state index is 5.81. The van der Waals surface area contributed by atoms with Crippen molar-refractivity contribution < 1.29 is 4.74 Å². The summed E-state index contributed by atoms with van der Waals surface area (Å²) >= 11 is 0. The predicted octanol–water partition coefficient (Wildman–Crippen LogP) is 3.15. The van der Waals surface area contributed by atoms with Crippen LogP contribution in [0.25, 0.3) is 0 Å². The first-order valence-corrected chi connectivity index (χ1v) is 8.87. The largest absolute Gasteiger partial charge is 0.377 e. The summed E-state index contributed by atoms with van der Waals surface area (Å²) in [5.74, 6) is 0. The molecule has 1 heterocycles. The summed E-state index contributed by atoms with van der Waals surface area (Å²) in [6.07, 6.45) is 2.79. The minimum Gasteiger partial charge on any atom is -0.377 e. The van der Waals surface area contributed by atoms with Crippen molar-refractivity contribution in [3.8, 4) is 0 Å². The van der Waals surface area contributed by atoms with Crippen molar-refractivity contribution in [1.82, 2.24) is 4.67 Å². The summed E-state index contributed by atoms with van der Waals surface area (Å²) in [6.45, 7) is 1.93. The Morgan fingerprint density at radius 2 is 1.57 bits per heavy atom. The summed E-state index contributed by atoms with van der Waals surface area (Å²) in [7, 11) is 1.75. The van der Waals surface area contributed by atoms with Gasteiger partial charge in [0.2, 0.25) is 0 Å². The Balaban J connectivity index is 1.85. The van der Waals surface area contributed by atoms with Crippen molar-refractivity contribution in [1.29, 1.82) is 0 Å². The molecule has 2 aromatic carbocycles. The lowest BCUT2D eigenvalue weighted by molar-refractivity contribution is 0.0991. The highest BCUT2D eigenvalue weighted by Crippen LogP contribution is 2.37. The lowest BCUT2D eigenvalue weighted by Crippen LogP contribution is -2.31. The van der Waals surface area contributed by atoms with Crippen LogP contribution in [0.1, 0.15) is 12.8 Å². The number of hydrogen-bond donors (Lipinski definition) is 0. The van der Waals surface area contributed by atoms with E-state index in [1.54, 1.807) is 0 Å². The van der Waals surface area contributed by atoms with Crippen LogP contribution < -0.4 is 10.6 Å². The van der Waals surface area contributed by atoms with Gasteiger partial charge in [-0.2, -0.15) is 0 Å². The molecule has 1 fully saturated rings. The van der Waals surface area contributed by atoms with E-state index < -0.39 is 8.07 Å². The molecule has 0 bridgehead atoms. The Morgan fingerprint density at radius 1 is 1.00 bits per heavy atom. The summed E-state index contributed by atoms with van der Waals surface area (Å²) in [5, 5.41) is 2.80. The fourth-order valence-electron chi connectivity index (χ4n) is 2.85. The predicted molar refractivity (Wildman–Crippen MR) is 90.7 cm³/mol. The standard InChI is InChI=1S/C18H22NOP/c1-19(15-16-9-8-14-20-16)21(17-10-4-2-5-11-17)18-12-6-3-7-13-18/h2-7,10-13,16H,8-9,14-15H2,1H3. The van der Waals surface area contributed by atoms with Crippen LogP contribution in [0.5, 0.6) is 0 Å². The molecule has 3 heteroatoms. The summed E-state index contributed by atoms with van der Waals surface area (Å²) in [5.41, 5.74) is 0. The van der Waals surface area contributed by atoms with Crippen molar-refractivity contribution in [2.75, 3.05) is 20.2 Å². The number of rotatable bonds is 5. The van der Waals surface area contributed by atoms with Crippen LogP contribution in [0.2, 0.25) is 0 Å². The van der Waals surface area contributed by atoms with Gasteiger partial charge in [0, 0.05) is 21.2 Å². The Morgan fingerprint density at radius 3 is 2.05 bits per heavy atom. The van der Waals surface area contributed by atoms with Crippen LogP contribution >= 0.6 is 8.07 Å². The highest BCUT2D eigenvalue weighted by Gasteiger charge is 2.24. The van der Waals surface area contributed by atoms with E-state index in [0.717, 1.165) is 13.2 Å². The van der Waals surface area contributed by atoms with Crippen molar-refractivity contribution >= 4 is 18.7 Å². The number of nitrogens with zero attached hydrogens (tertiary/aromatic N) is 1. The Bertz CT molecular complexity index is 500. The van der Waals surface area contributed by atoms with Gasteiger partial charge in [-0.05, 0) is 30.5 Å².